The van der Waals surface area contributed by atoms with Crippen molar-refractivity contribution in [3.8, 4) is 5.88 Å². The smallest absolute Gasteiger partial charge is 0.218 e. The number of aromatic nitrogens is 2. The Kier molecular flexibility index (Phi) is 5.35. The van der Waals surface area contributed by atoms with Gasteiger partial charge in [0.1, 0.15) is 11.6 Å². The average Bonchev–Trinajstić information content (AvgIpc) is 2.92. The maximum Gasteiger partial charge on any atom is 0.218 e. The molecule has 0 saturated carbocycles. The van der Waals surface area contributed by atoms with Crippen LogP contribution in [0, 0.1) is 0 Å². The molecule has 2 heterocycles. The van der Waals surface area contributed by atoms with Crippen molar-refractivity contribution in [2.75, 3.05) is 18.5 Å². The Morgan fingerprint density at radius 3 is 2.85 bits per heavy atom. The third-order valence-corrected chi connectivity index (χ3v) is 3.71. The van der Waals surface area contributed by atoms with Gasteiger partial charge in [-0.25, -0.2) is 4.98 Å². The lowest BCUT2D eigenvalue weighted by Gasteiger charge is -2.11. The van der Waals surface area contributed by atoms with Gasteiger partial charge in [-0.15, -0.1) is 11.3 Å². The number of ether oxygens (including phenoxy) is 1. The van der Waals surface area contributed by atoms with E-state index in [4.69, 9.17) is 4.74 Å². The summed E-state index contributed by atoms with van der Waals surface area (Å²) in [6, 6.07) is 6.05. The monoisotopic (exact) mass is 291 g/mol. The lowest BCUT2D eigenvalue weighted by atomic mass is 10.2. The minimum Gasteiger partial charge on any atom is -0.477 e. The maximum absolute atomic E-state index is 5.77. The van der Waals surface area contributed by atoms with Gasteiger partial charge < -0.3 is 10.1 Å². The molecule has 0 aliphatic rings. The Morgan fingerprint density at radius 1 is 1.35 bits per heavy atom. The van der Waals surface area contributed by atoms with Gasteiger partial charge in [-0.3, -0.25) is 0 Å². The van der Waals surface area contributed by atoms with Crippen molar-refractivity contribution >= 4 is 17.2 Å². The van der Waals surface area contributed by atoms with Crippen LogP contribution in [0.3, 0.4) is 0 Å². The minimum atomic E-state index is 0.285. The zero-order valence-electron chi connectivity index (χ0n) is 12.2. The van der Waals surface area contributed by atoms with E-state index in [9.17, 15) is 0 Å². The maximum atomic E-state index is 5.77. The third-order valence-electron chi connectivity index (χ3n) is 2.77. The summed E-state index contributed by atoms with van der Waals surface area (Å²) in [7, 11) is 0. The number of nitrogens with zero attached hydrogens (tertiary/aromatic N) is 2. The number of hydrogen-bond donors (Lipinski definition) is 1. The highest BCUT2D eigenvalue weighted by Gasteiger charge is 2.08. The predicted molar refractivity (Wildman–Crippen MR) is 83.8 cm³/mol. The molecule has 0 unspecified atom stereocenters. The Morgan fingerprint density at radius 2 is 2.20 bits per heavy atom. The summed E-state index contributed by atoms with van der Waals surface area (Å²) in [5, 5.41) is 5.30. The van der Waals surface area contributed by atoms with Crippen molar-refractivity contribution in [1.29, 1.82) is 0 Å². The van der Waals surface area contributed by atoms with Crippen LogP contribution in [0.25, 0.3) is 0 Å². The van der Waals surface area contributed by atoms with Crippen LogP contribution in [0.15, 0.2) is 23.6 Å². The van der Waals surface area contributed by atoms with E-state index in [0.717, 1.165) is 24.6 Å². The Hall–Kier alpha value is -1.62. The molecular formula is C15H21N3OS. The van der Waals surface area contributed by atoms with Gasteiger partial charge in [-0.05, 0) is 18.4 Å². The molecule has 0 aliphatic carbocycles. The van der Waals surface area contributed by atoms with Gasteiger partial charge in [-0.1, -0.05) is 19.9 Å². The fourth-order valence-corrected chi connectivity index (χ4v) is 2.45. The number of hydrogen-bond acceptors (Lipinski definition) is 5. The molecule has 108 valence electrons. The molecule has 0 spiro atoms. The second-order valence-corrected chi connectivity index (χ2v) is 5.84. The minimum absolute atomic E-state index is 0.285. The van der Waals surface area contributed by atoms with Crippen molar-refractivity contribution in [2.45, 2.75) is 33.1 Å². The van der Waals surface area contributed by atoms with E-state index < -0.39 is 0 Å². The van der Waals surface area contributed by atoms with Crippen molar-refractivity contribution in [2.24, 2.45) is 0 Å². The van der Waals surface area contributed by atoms with E-state index in [2.05, 4.69) is 53.6 Å². The van der Waals surface area contributed by atoms with E-state index >= 15 is 0 Å². The molecule has 1 N–H and O–H groups in total. The van der Waals surface area contributed by atoms with Gasteiger partial charge >= 0.3 is 0 Å². The molecule has 5 heteroatoms. The van der Waals surface area contributed by atoms with Crippen molar-refractivity contribution in [1.82, 2.24) is 9.97 Å². The zero-order valence-corrected chi connectivity index (χ0v) is 13.0. The first-order valence-electron chi connectivity index (χ1n) is 6.97. The van der Waals surface area contributed by atoms with Crippen LogP contribution in [-0.4, -0.2) is 23.1 Å². The predicted octanol–water partition coefficient (Wildman–Crippen LogP) is 3.71. The molecule has 0 atom stereocenters. The summed E-state index contributed by atoms with van der Waals surface area (Å²) in [6.45, 7) is 7.69. The molecular weight excluding hydrogens is 270 g/mol. The molecule has 0 saturated heterocycles. The quantitative estimate of drug-likeness (QED) is 0.844. The second-order valence-electron chi connectivity index (χ2n) is 4.81. The van der Waals surface area contributed by atoms with Gasteiger partial charge in [0.05, 0.1) is 6.61 Å². The van der Waals surface area contributed by atoms with E-state index in [-0.39, 0.29) is 5.92 Å². The van der Waals surface area contributed by atoms with Crippen LogP contribution < -0.4 is 10.1 Å². The Bertz CT molecular complexity index is 526. The lowest BCUT2D eigenvalue weighted by Crippen LogP contribution is -2.08. The highest BCUT2D eigenvalue weighted by atomic mass is 32.1. The van der Waals surface area contributed by atoms with Crippen LogP contribution in [-0.2, 0) is 6.42 Å². The van der Waals surface area contributed by atoms with Crippen LogP contribution in [0.4, 0.5) is 5.82 Å². The van der Waals surface area contributed by atoms with Gasteiger partial charge in [0.15, 0.2) is 0 Å². The number of nitrogens with one attached hydrogen (secondary N) is 1. The third kappa shape index (κ3) is 4.20. The molecule has 0 aromatic carbocycles. The summed E-state index contributed by atoms with van der Waals surface area (Å²) < 4.78 is 5.77. The molecule has 0 radical (unpaired) electrons. The molecule has 20 heavy (non-hydrogen) atoms. The van der Waals surface area contributed by atoms with Crippen LogP contribution in [0.5, 0.6) is 5.88 Å². The van der Waals surface area contributed by atoms with Crippen molar-refractivity contribution in [3.05, 3.63) is 34.3 Å². The van der Waals surface area contributed by atoms with Crippen molar-refractivity contribution in [3.63, 3.8) is 0 Å². The number of anilines is 1. The fourth-order valence-electron chi connectivity index (χ4n) is 1.76. The standard InChI is InChI=1S/C15H21N3OS/c1-4-16-13-10-14(18-15(17-13)11(2)3)19-8-7-12-6-5-9-20-12/h5-6,9-11H,4,7-8H2,1-3H3,(H,16,17,18). The first-order valence-corrected chi connectivity index (χ1v) is 7.85. The first-order chi connectivity index (χ1) is 9.69. The molecule has 0 amide bonds. The highest BCUT2D eigenvalue weighted by Crippen LogP contribution is 2.19. The molecule has 0 bridgehead atoms. The van der Waals surface area contributed by atoms with E-state index in [1.807, 2.05) is 6.07 Å². The zero-order chi connectivity index (χ0) is 14.4. The van der Waals surface area contributed by atoms with Crippen molar-refractivity contribution < 1.29 is 4.74 Å². The van der Waals surface area contributed by atoms with E-state index in [0.29, 0.717) is 12.5 Å². The summed E-state index contributed by atoms with van der Waals surface area (Å²) in [4.78, 5) is 10.3. The second kappa shape index (κ2) is 7.24. The lowest BCUT2D eigenvalue weighted by molar-refractivity contribution is 0.308. The summed E-state index contributed by atoms with van der Waals surface area (Å²) in [6.07, 6.45) is 0.912. The summed E-state index contributed by atoms with van der Waals surface area (Å²) >= 11 is 1.75. The Labute approximate surface area is 124 Å². The van der Waals surface area contributed by atoms with Gasteiger partial charge in [0.2, 0.25) is 5.88 Å². The molecule has 2 aromatic heterocycles. The molecule has 4 nitrogen and oxygen atoms in total. The van der Waals surface area contributed by atoms with Crippen LogP contribution in [0.1, 0.15) is 37.4 Å². The first kappa shape index (κ1) is 14.8. The molecule has 0 aliphatic heterocycles. The number of rotatable bonds is 7. The molecule has 2 rings (SSSR count). The number of thiophene rings is 1. The average molecular weight is 291 g/mol. The fraction of sp³-hybridized carbons (Fsp3) is 0.467. The topological polar surface area (TPSA) is 47.0 Å². The normalized spacial score (nSPS) is 10.8. The van der Waals surface area contributed by atoms with Gasteiger partial charge in [0.25, 0.3) is 0 Å². The highest BCUT2D eigenvalue weighted by molar-refractivity contribution is 7.09. The van der Waals surface area contributed by atoms with Gasteiger partial charge in [-0.2, -0.15) is 4.98 Å². The largest absolute Gasteiger partial charge is 0.477 e. The van der Waals surface area contributed by atoms with E-state index in [1.54, 1.807) is 11.3 Å². The van der Waals surface area contributed by atoms with Crippen LogP contribution in [0.2, 0.25) is 0 Å². The summed E-state index contributed by atoms with van der Waals surface area (Å²) in [5.74, 6) is 2.58. The molecule has 2 aromatic rings. The molecule has 0 fully saturated rings. The van der Waals surface area contributed by atoms with E-state index in [1.165, 1.54) is 4.88 Å². The SMILES string of the molecule is CCNc1cc(OCCc2cccs2)nc(C(C)C)n1. The van der Waals surface area contributed by atoms with Crippen LogP contribution >= 0.6 is 11.3 Å². The summed E-state index contributed by atoms with van der Waals surface area (Å²) in [5.41, 5.74) is 0. The van der Waals surface area contributed by atoms with Gasteiger partial charge in [0, 0.05) is 29.8 Å². The Balaban J connectivity index is 2.01.